The topological polar surface area (TPSA) is 63.6 Å². The molecule has 0 bridgehead atoms. The van der Waals surface area contributed by atoms with Crippen molar-refractivity contribution in [2.24, 2.45) is 7.05 Å². The minimum atomic E-state index is -4.60. The van der Waals surface area contributed by atoms with Crippen LogP contribution < -0.4 is 5.56 Å². The van der Waals surface area contributed by atoms with Crippen molar-refractivity contribution in [3.63, 3.8) is 0 Å². The number of halogens is 5. The first kappa shape index (κ1) is 22.3. The average Bonchev–Trinajstić information content (AvgIpc) is 3.06. The number of benzene rings is 2. The van der Waals surface area contributed by atoms with Gasteiger partial charge in [-0.3, -0.25) is 9.78 Å². The number of aromatic amines is 1. The van der Waals surface area contributed by atoms with Crippen LogP contribution in [0.15, 0.2) is 52.4 Å². The molecule has 0 radical (unpaired) electrons. The fourth-order valence-electron chi connectivity index (χ4n) is 3.16. The first-order chi connectivity index (χ1) is 15.1. The third kappa shape index (κ3) is 4.51. The van der Waals surface area contributed by atoms with Crippen molar-refractivity contribution in [1.29, 1.82) is 0 Å². The van der Waals surface area contributed by atoms with E-state index in [1.807, 2.05) is 0 Å². The maximum atomic E-state index is 14.0. The molecule has 0 aliphatic heterocycles. The van der Waals surface area contributed by atoms with Crippen LogP contribution in [0.4, 0.5) is 17.6 Å². The Bertz CT molecular complexity index is 1350. The second-order valence-electron chi connectivity index (χ2n) is 6.95. The van der Waals surface area contributed by atoms with E-state index in [0.717, 1.165) is 29.5 Å². The largest absolute Gasteiger partial charge is 0.416 e. The van der Waals surface area contributed by atoms with Crippen LogP contribution in [0.25, 0.3) is 22.6 Å². The second kappa shape index (κ2) is 8.59. The van der Waals surface area contributed by atoms with Crippen LogP contribution in [0, 0.1) is 5.82 Å². The summed E-state index contributed by atoms with van der Waals surface area (Å²) >= 11 is 7.09. The molecule has 2 aromatic heterocycles. The highest BCUT2D eigenvalue weighted by Crippen LogP contribution is 2.30. The third-order valence-electron chi connectivity index (χ3n) is 4.80. The standard InChI is InChI=1S/C21H15ClF4N4OS/c1-30-17(12-3-6-14(22)7-4-12)27-16-18(30)28-20(29-19(16)31)32-9-8-11-2-5-13(10-15(11)23)21(24,25)26/h2-7,10H,8-9H2,1H3,(H,28,29,31). The van der Waals surface area contributed by atoms with Crippen molar-refractivity contribution < 1.29 is 17.6 Å². The number of hydrogen-bond donors (Lipinski definition) is 1. The summed E-state index contributed by atoms with van der Waals surface area (Å²) in [7, 11) is 1.73. The molecular formula is C21H15ClF4N4OS. The number of nitrogens with one attached hydrogen (secondary N) is 1. The van der Waals surface area contributed by atoms with Crippen molar-refractivity contribution in [3.05, 3.63) is 74.8 Å². The quantitative estimate of drug-likeness (QED) is 0.233. The van der Waals surface area contributed by atoms with E-state index < -0.39 is 23.1 Å². The van der Waals surface area contributed by atoms with E-state index in [2.05, 4.69) is 15.0 Å². The number of thioether (sulfide) groups is 1. The van der Waals surface area contributed by atoms with Gasteiger partial charge < -0.3 is 4.57 Å². The zero-order chi connectivity index (χ0) is 23.0. The lowest BCUT2D eigenvalue weighted by Crippen LogP contribution is -2.10. The Balaban J connectivity index is 1.54. The van der Waals surface area contributed by atoms with Gasteiger partial charge >= 0.3 is 6.18 Å². The molecule has 1 N–H and O–H groups in total. The summed E-state index contributed by atoms with van der Waals surface area (Å²) in [5.41, 5.74) is 0.0165. The molecule has 0 saturated heterocycles. The van der Waals surface area contributed by atoms with Crippen molar-refractivity contribution in [2.75, 3.05) is 5.75 Å². The number of H-pyrrole nitrogens is 1. The first-order valence-corrected chi connectivity index (χ1v) is 10.7. The van der Waals surface area contributed by atoms with E-state index in [0.29, 0.717) is 33.5 Å². The van der Waals surface area contributed by atoms with E-state index in [9.17, 15) is 22.4 Å². The highest BCUT2D eigenvalue weighted by molar-refractivity contribution is 7.99. The van der Waals surface area contributed by atoms with Crippen LogP contribution in [0.1, 0.15) is 11.1 Å². The number of fused-ring (bicyclic) bond motifs is 1. The SMILES string of the molecule is Cn1c(-c2ccc(Cl)cc2)nc2c(=O)[nH]c(SCCc3ccc(C(F)(F)F)cc3F)nc21. The van der Waals surface area contributed by atoms with E-state index in [1.165, 1.54) is 0 Å². The van der Waals surface area contributed by atoms with Crippen molar-refractivity contribution in [1.82, 2.24) is 19.5 Å². The Morgan fingerprint density at radius 3 is 2.50 bits per heavy atom. The summed E-state index contributed by atoms with van der Waals surface area (Å²) in [6.45, 7) is 0. The summed E-state index contributed by atoms with van der Waals surface area (Å²) < 4.78 is 53.7. The molecule has 32 heavy (non-hydrogen) atoms. The summed E-state index contributed by atoms with van der Waals surface area (Å²) in [6, 6.07) is 9.46. The highest BCUT2D eigenvalue weighted by atomic mass is 35.5. The molecule has 2 aromatic carbocycles. The molecule has 0 spiro atoms. The van der Waals surface area contributed by atoms with E-state index >= 15 is 0 Å². The molecule has 166 valence electrons. The van der Waals surface area contributed by atoms with Gasteiger partial charge in [-0.2, -0.15) is 13.2 Å². The zero-order valence-corrected chi connectivity index (χ0v) is 18.1. The molecule has 0 unspecified atom stereocenters. The van der Waals surface area contributed by atoms with Gasteiger partial charge in [0.15, 0.2) is 16.3 Å². The maximum absolute atomic E-state index is 14.0. The lowest BCUT2D eigenvalue weighted by molar-refractivity contribution is -0.137. The van der Waals surface area contributed by atoms with Gasteiger partial charge in [0.05, 0.1) is 5.56 Å². The molecule has 4 rings (SSSR count). The summed E-state index contributed by atoms with van der Waals surface area (Å²) in [6.07, 6.45) is -4.43. The Hall–Kier alpha value is -2.85. The summed E-state index contributed by atoms with van der Waals surface area (Å²) in [4.78, 5) is 24.0. The number of rotatable bonds is 5. The molecule has 0 saturated carbocycles. The lowest BCUT2D eigenvalue weighted by Gasteiger charge is -2.09. The number of nitrogens with zero attached hydrogens (tertiary/aromatic N) is 3. The third-order valence-corrected chi connectivity index (χ3v) is 5.93. The fraction of sp³-hybridized carbons (Fsp3) is 0.190. The van der Waals surface area contributed by atoms with Crippen LogP contribution >= 0.6 is 23.4 Å². The van der Waals surface area contributed by atoms with Gasteiger partial charge in [-0.05, 0) is 48.4 Å². The van der Waals surface area contributed by atoms with Crippen LogP contribution in [0.3, 0.4) is 0 Å². The number of imidazole rings is 1. The molecule has 11 heteroatoms. The molecular weight excluding hydrogens is 468 g/mol. The van der Waals surface area contributed by atoms with Gasteiger partial charge in [-0.15, -0.1) is 0 Å². The number of alkyl halides is 3. The molecule has 5 nitrogen and oxygen atoms in total. The van der Waals surface area contributed by atoms with Crippen LogP contribution in [-0.4, -0.2) is 25.3 Å². The van der Waals surface area contributed by atoms with Gasteiger partial charge in [0, 0.05) is 23.4 Å². The van der Waals surface area contributed by atoms with Crippen molar-refractivity contribution >= 4 is 34.5 Å². The molecule has 0 fully saturated rings. The van der Waals surface area contributed by atoms with Gasteiger partial charge in [0.1, 0.15) is 11.6 Å². The monoisotopic (exact) mass is 482 g/mol. The molecule has 0 atom stereocenters. The predicted octanol–water partition coefficient (Wildman–Crippen LogP) is 5.47. The second-order valence-corrected chi connectivity index (χ2v) is 8.47. The lowest BCUT2D eigenvalue weighted by atomic mass is 10.1. The maximum Gasteiger partial charge on any atom is 0.416 e. The van der Waals surface area contributed by atoms with Gasteiger partial charge in [-0.25, -0.2) is 14.4 Å². The highest BCUT2D eigenvalue weighted by Gasteiger charge is 2.31. The predicted molar refractivity (Wildman–Crippen MR) is 115 cm³/mol. The number of hydrogen-bond acceptors (Lipinski definition) is 4. The van der Waals surface area contributed by atoms with Crippen molar-refractivity contribution in [2.45, 2.75) is 17.8 Å². The smallest absolute Gasteiger partial charge is 0.312 e. The van der Waals surface area contributed by atoms with E-state index in [4.69, 9.17) is 11.6 Å². The van der Waals surface area contributed by atoms with Gasteiger partial charge in [-0.1, -0.05) is 29.4 Å². The van der Waals surface area contributed by atoms with Gasteiger partial charge in [0.2, 0.25) is 0 Å². The fourth-order valence-corrected chi connectivity index (χ4v) is 4.12. The average molecular weight is 483 g/mol. The van der Waals surface area contributed by atoms with Gasteiger partial charge in [0.25, 0.3) is 5.56 Å². The summed E-state index contributed by atoms with van der Waals surface area (Å²) in [5.74, 6) is -0.0706. The molecule has 0 aliphatic carbocycles. The van der Waals surface area contributed by atoms with Crippen LogP contribution in [-0.2, 0) is 19.6 Å². The Kier molecular flexibility index (Phi) is 6.00. The molecule has 0 aliphatic rings. The van der Waals surface area contributed by atoms with E-state index in [1.54, 1.807) is 35.9 Å². The minimum Gasteiger partial charge on any atom is -0.312 e. The number of aromatic nitrogens is 4. The molecule has 2 heterocycles. The van der Waals surface area contributed by atoms with Crippen molar-refractivity contribution in [3.8, 4) is 11.4 Å². The number of aryl methyl sites for hydroxylation is 2. The Morgan fingerprint density at radius 1 is 1.12 bits per heavy atom. The normalized spacial score (nSPS) is 11.9. The first-order valence-electron chi connectivity index (χ1n) is 9.34. The Labute approximate surface area is 188 Å². The minimum absolute atomic E-state index is 0.152. The van der Waals surface area contributed by atoms with Crippen LogP contribution in [0.2, 0.25) is 5.02 Å². The molecule has 0 amide bonds. The van der Waals surface area contributed by atoms with Crippen LogP contribution in [0.5, 0.6) is 0 Å². The Morgan fingerprint density at radius 2 is 1.84 bits per heavy atom. The summed E-state index contributed by atoms with van der Waals surface area (Å²) in [5, 5.41) is 0.882. The molecule has 4 aromatic rings. The zero-order valence-electron chi connectivity index (χ0n) is 16.5. The van der Waals surface area contributed by atoms with E-state index in [-0.39, 0.29) is 17.5 Å².